The average molecular weight is 393 g/mol. The van der Waals surface area contributed by atoms with E-state index in [0.29, 0.717) is 17.8 Å². The van der Waals surface area contributed by atoms with Crippen molar-refractivity contribution < 1.29 is 19.1 Å². The number of fused-ring (bicyclic) bond motifs is 1. The molecular formula is C20H16FN5O3. The molecule has 0 saturated carbocycles. The van der Waals surface area contributed by atoms with Crippen molar-refractivity contribution in [3.63, 3.8) is 0 Å². The van der Waals surface area contributed by atoms with Crippen LogP contribution in [0.25, 0.3) is 16.7 Å². The number of pyridine rings is 1. The zero-order chi connectivity index (χ0) is 20.8. The summed E-state index contributed by atoms with van der Waals surface area (Å²) in [6, 6.07) is 7.91. The van der Waals surface area contributed by atoms with Crippen molar-refractivity contribution in [3.05, 3.63) is 53.6 Å². The summed E-state index contributed by atoms with van der Waals surface area (Å²) in [6.07, 6.45) is 1.25. The van der Waals surface area contributed by atoms with E-state index in [-0.39, 0.29) is 23.1 Å². The number of likely N-dealkylation sites (tertiary alicyclic amines) is 1. The molecule has 29 heavy (non-hydrogen) atoms. The number of nitrogens with zero attached hydrogens (tertiary/aromatic N) is 4. The molecule has 1 aliphatic heterocycles. The highest BCUT2D eigenvalue weighted by Gasteiger charge is 2.42. The number of amides is 2. The van der Waals surface area contributed by atoms with E-state index in [1.165, 1.54) is 9.58 Å². The number of aromatic nitrogens is 3. The maximum Gasteiger partial charge on any atom is 0.269 e. The van der Waals surface area contributed by atoms with Gasteiger partial charge in [-0.3, -0.25) is 9.59 Å². The molecular weight excluding hydrogens is 377 g/mol. The van der Waals surface area contributed by atoms with Crippen LogP contribution in [0.2, 0.25) is 0 Å². The van der Waals surface area contributed by atoms with Gasteiger partial charge in [-0.2, -0.15) is 5.10 Å². The predicted molar refractivity (Wildman–Crippen MR) is 101 cm³/mol. The quantitative estimate of drug-likeness (QED) is 0.619. The van der Waals surface area contributed by atoms with Gasteiger partial charge in [0.25, 0.3) is 11.8 Å². The summed E-state index contributed by atoms with van der Waals surface area (Å²) < 4.78 is 14.9. The maximum atomic E-state index is 13.6. The molecule has 9 heteroatoms. The van der Waals surface area contributed by atoms with Gasteiger partial charge in [-0.1, -0.05) is 17.9 Å². The molecule has 1 atom stereocenters. The van der Waals surface area contributed by atoms with Crippen molar-refractivity contribution >= 4 is 22.8 Å². The Morgan fingerprint density at radius 1 is 1.38 bits per heavy atom. The first-order valence-electron chi connectivity index (χ1n) is 8.74. The smallest absolute Gasteiger partial charge is 0.269 e. The third-order valence-electron chi connectivity index (χ3n) is 4.74. The van der Waals surface area contributed by atoms with Crippen molar-refractivity contribution in [2.75, 3.05) is 13.6 Å². The van der Waals surface area contributed by atoms with Gasteiger partial charge >= 0.3 is 0 Å². The van der Waals surface area contributed by atoms with Crippen LogP contribution in [0.4, 0.5) is 4.39 Å². The predicted octanol–water partition coefficient (Wildman–Crippen LogP) is 0.603. The molecule has 8 nitrogen and oxygen atoms in total. The van der Waals surface area contributed by atoms with E-state index in [1.54, 1.807) is 31.3 Å². The number of likely N-dealkylation sites (N-methyl/N-ethyl adjacent to an activating group) is 1. The molecule has 2 amide bonds. The largest absolute Gasteiger partial charge is 0.369 e. The SMILES string of the molecule is CN1CCC(O)(C#Cc2cccc(-n3nc(C(N)=O)c4cc(F)cnc43)c2)C1=O. The lowest BCUT2D eigenvalue weighted by Gasteiger charge is -2.13. The Bertz CT molecular complexity index is 1230. The molecule has 3 heterocycles. The minimum absolute atomic E-state index is 0.0996. The van der Waals surface area contributed by atoms with E-state index in [2.05, 4.69) is 21.9 Å². The monoisotopic (exact) mass is 393 g/mol. The van der Waals surface area contributed by atoms with Gasteiger partial charge in [-0.25, -0.2) is 14.1 Å². The number of hydrogen-bond donors (Lipinski definition) is 2. The summed E-state index contributed by atoms with van der Waals surface area (Å²) in [6.45, 7) is 0.432. The second-order valence-electron chi connectivity index (χ2n) is 6.79. The molecule has 1 saturated heterocycles. The highest BCUT2D eigenvalue weighted by Crippen LogP contribution is 2.23. The van der Waals surface area contributed by atoms with Crippen LogP contribution in [0.15, 0.2) is 36.5 Å². The van der Waals surface area contributed by atoms with E-state index in [9.17, 15) is 19.1 Å². The average Bonchev–Trinajstić information content (AvgIpc) is 3.20. The molecule has 3 N–H and O–H groups in total. The minimum Gasteiger partial charge on any atom is -0.369 e. The fraction of sp³-hybridized carbons (Fsp3) is 0.200. The number of benzene rings is 1. The van der Waals surface area contributed by atoms with Gasteiger partial charge < -0.3 is 15.7 Å². The van der Waals surface area contributed by atoms with E-state index in [0.717, 1.165) is 12.3 Å². The highest BCUT2D eigenvalue weighted by molar-refractivity contribution is 6.03. The van der Waals surface area contributed by atoms with Gasteiger partial charge in [0.15, 0.2) is 11.3 Å². The molecule has 146 valence electrons. The number of primary amides is 1. The fourth-order valence-electron chi connectivity index (χ4n) is 3.20. The van der Waals surface area contributed by atoms with Crippen LogP contribution in [0.1, 0.15) is 22.5 Å². The van der Waals surface area contributed by atoms with Crippen molar-refractivity contribution in [1.82, 2.24) is 19.7 Å². The van der Waals surface area contributed by atoms with Gasteiger partial charge in [0.2, 0.25) is 5.60 Å². The molecule has 2 aromatic heterocycles. The summed E-state index contributed by atoms with van der Waals surface area (Å²) in [5.41, 5.74) is 4.84. The van der Waals surface area contributed by atoms with Crippen LogP contribution in [-0.2, 0) is 4.79 Å². The molecule has 0 spiro atoms. The van der Waals surface area contributed by atoms with Crippen LogP contribution < -0.4 is 5.73 Å². The summed E-state index contributed by atoms with van der Waals surface area (Å²) in [4.78, 5) is 29.2. The molecule has 4 rings (SSSR count). The summed E-state index contributed by atoms with van der Waals surface area (Å²) in [7, 11) is 1.61. The lowest BCUT2D eigenvalue weighted by atomic mass is 10.0. The first-order valence-corrected chi connectivity index (χ1v) is 8.74. The third-order valence-corrected chi connectivity index (χ3v) is 4.74. The van der Waals surface area contributed by atoms with Gasteiger partial charge in [-0.15, -0.1) is 0 Å². The number of nitrogens with two attached hydrogens (primary N) is 1. The van der Waals surface area contributed by atoms with Crippen LogP contribution in [0, 0.1) is 17.7 Å². The normalized spacial score (nSPS) is 18.7. The van der Waals surface area contributed by atoms with Crippen LogP contribution in [0.3, 0.4) is 0 Å². The lowest BCUT2D eigenvalue weighted by Crippen LogP contribution is -2.37. The Morgan fingerprint density at radius 3 is 2.86 bits per heavy atom. The number of carbonyl (C=O) groups is 2. The Morgan fingerprint density at radius 2 is 2.17 bits per heavy atom. The Balaban J connectivity index is 1.77. The fourth-order valence-corrected chi connectivity index (χ4v) is 3.20. The molecule has 1 aliphatic rings. The standard InChI is InChI=1S/C20H16FN5O3/c1-25-8-7-20(29,19(25)28)6-5-12-3-2-4-14(9-12)26-18-15(10-13(21)11-23-18)16(24-26)17(22)27/h2-4,9-11,29H,7-8H2,1H3,(H2,22,27). The molecule has 1 aromatic carbocycles. The van der Waals surface area contributed by atoms with Gasteiger partial charge in [-0.05, 0) is 24.3 Å². The molecule has 0 aliphatic carbocycles. The zero-order valence-electron chi connectivity index (χ0n) is 15.4. The third kappa shape index (κ3) is 3.19. The summed E-state index contributed by atoms with van der Waals surface area (Å²) in [5, 5.41) is 14.8. The number of carbonyl (C=O) groups excluding carboxylic acids is 2. The number of rotatable bonds is 2. The number of hydrogen-bond acceptors (Lipinski definition) is 5. The Kier molecular flexibility index (Phi) is 4.28. The topological polar surface area (TPSA) is 114 Å². The molecule has 0 radical (unpaired) electrons. The second kappa shape index (κ2) is 6.68. The first kappa shape index (κ1) is 18.6. The lowest BCUT2D eigenvalue weighted by molar-refractivity contribution is -0.137. The molecule has 3 aromatic rings. The Hall–Kier alpha value is -3.77. The molecule has 0 bridgehead atoms. The van der Waals surface area contributed by atoms with E-state index >= 15 is 0 Å². The zero-order valence-corrected chi connectivity index (χ0v) is 15.4. The van der Waals surface area contributed by atoms with Gasteiger partial charge in [0.1, 0.15) is 5.82 Å². The van der Waals surface area contributed by atoms with Gasteiger partial charge in [0, 0.05) is 25.6 Å². The molecule has 1 fully saturated rings. The molecule has 1 unspecified atom stereocenters. The Labute approximate surface area is 164 Å². The summed E-state index contributed by atoms with van der Waals surface area (Å²) >= 11 is 0. The minimum atomic E-state index is -1.71. The van der Waals surface area contributed by atoms with Crippen molar-refractivity contribution in [1.29, 1.82) is 0 Å². The van der Waals surface area contributed by atoms with Crippen LogP contribution >= 0.6 is 0 Å². The van der Waals surface area contributed by atoms with Crippen LogP contribution in [-0.4, -0.2) is 55.8 Å². The van der Waals surface area contributed by atoms with Crippen LogP contribution in [0.5, 0.6) is 0 Å². The number of aliphatic hydroxyl groups is 1. The number of halogens is 1. The van der Waals surface area contributed by atoms with Gasteiger partial charge in [0.05, 0.1) is 17.3 Å². The maximum absolute atomic E-state index is 13.6. The van der Waals surface area contributed by atoms with E-state index < -0.39 is 23.2 Å². The van der Waals surface area contributed by atoms with Crippen molar-refractivity contribution in [3.8, 4) is 17.5 Å². The highest BCUT2D eigenvalue weighted by atomic mass is 19.1. The van der Waals surface area contributed by atoms with Crippen molar-refractivity contribution in [2.45, 2.75) is 12.0 Å². The first-order chi connectivity index (χ1) is 13.8. The van der Waals surface area contributed by atoms with E-state index in [1.807, 2.05) is 0 Å². The van der Waals surface area contributed by atoms with Crippen molar-refractivity contribution in [2.24, 2.45) is 5.73 Å². The summed E-state index contributed by atoms with van der Waals surface area (Å²) in [5.74, 6) is 3.61. The second-order valence-corrected chi connectivity index (χ2v) is 6.79. The van der Waals surface area contributed by atoms with E-state index in [4.69, 9.17) is 5.73 Å².